The lowest BCUT2D eigenvalue weighted by Crippen LogP contribution is -2.01. The molecule has 2 aromatic heterocycles. The summed E-state index contributed by atoms with van der Waals surface area (Å²) in [5.41, 5.74) is 2.13. The number of methoxy groups -OCH3 is 1. The lowest BCUT2D eigenvalue weighted by atomic mass is 10.1. The van der Waals surface area contributed by atoms with Crippen LogP contribution in [0.1, 0.15) is 45.0 Å². The number of carbonyl (C=O) groups is 2. The Balaban J connectivity index is 2.20. The average molecular weight is 302 g/mol. The Morgan fingerprint density at radius 2 is 2.09 bits per heavy atom. The molecule has 0 aromatic carbocycles. The maximum absolute atomic E-state index is 12.3. The molecule has 0 unspecified atom stereocenters. The summed E-state index contributed by atoms with van der Waals surface area (Å²) in [7, 11) is 1.28. The van der Waals surface area contributed by atoms with E-state index in [0.717, 1.165) is 5.69 Å². The van der Waals surface area contributed by atoms with Crippen LogP contribution in [0.3, 0.4) is 0 Å². The second-order valence-corrected chi connectivity index (χ2v) is 4.75. The first-order valence-electron chi connectivity index (χ1n) is 6.92. The number of aromatic nitrogens is 2. The summed E-state index contributed by atoms with van der Waals surface area (Å²) in [4.78, 5) is 23.6. The SMILES string of the molecule is CCn1nc(C)c(C(=O)/C=C\c2ccc(C(=O)OC)o2)c1C. The smallest absolute Gasteiger partial charge is 0.373 e. The molecule has 2 heterocycles. The van der Waals surface area contributed by atoms with Crippen LogP contribution in [-0.2, 0) is 11.3 Å². The van der Waals surface area contributed by atoms with Crippen LogP contribution >= 0.6 is 0 Å². The third-order valence-corrected chi connectivity index (χ3v) is 3.34. The first kappa shape index (κ1) is 15.8. The summed E-state index contributed by atoms with van der Waals surface area (Å²) in [6.07, 6.45) is 2.94. The minimum Gasteiger partial charge on any atom is -0.463 e. The van der Waals surface area contributed by atoms with Crippen LogP contribution in [0.4, 0.5) is 0 Å². The van der Waals surface area contributed by atoms with Crippen molar-refractivity contribution < 1.29 is 18.7 Å². The number of hydrogen-bond donors (Lipinski definition) is 0. The van der Waals surface area contributed by atoms with Gasteiger partial charge in [0.15, 0.2) is 5.78 Å². The van der Waals surface area contributed by atoms with Crippen molar-refractivity contribution >= 4 is 17.8 Å². The van der Waals surface area contributed by atoms with Crippen molar-refractivity contribution in [3.05, 3.63) is 46.7 Å². The van der Waals surface area contributed by atoms with Crippen LogP contribution in [0.15, 0.2) is 22.6 Å². The van der Waals surface area contributed by atoms with Crippen molar-refractivity contribution in [2.75, 3.05) is 7.11 Å². The second-order valence-electron chi connectivity index (χ2n) is 4.75. The van der Waals surface area contributed by atoms with Gasteiger partial charge in [0.05, 0.1) is 18.4 Å². The number of ether oxygens (including phenoxy) is 1. The molecule has 0 aliphatic carbocycles. The highest BCUT2D eigenvalue weighted by molar-refractivity contribution is 6.08. The van der Waals surface area contributed by atoms with Gasteiger partial charge in [-0.1, -0.05) is 0 Å². The fraction of sp³-hybridized carbons (Fsp3) is 0.312. The molecule has 0 bridgehead atoms. The Morgan fingerprint density at radius 1 is 1.36 bits per heavy atom. The predicted octanol–water partition coefficient (Wildman–Crippen LogP) is 2.80. The monoisotopic (exact) mass is 302 g/mol. The summed E-state index contributed by atoms with van der Waals surface area (Å²) < 4.78 is 11.6. The van der Waals surface area contributed by atoms with E-state index in [1.807, 2.05) is 20.8 Å². The lowest BCUT2D eigenvalue weighted by molar-refractivity contribution is 0.0564. The summed E-state index contributed by atoms with van der Waals surface area (Å²) in [6, 6.07) is 3.10. The fourth-order valence-electron chi connectivity index (χ4n) is 2.26. The van der Waals surface area contributed by atoms with Gasteiger partial charge < -0.3 is 9.15 Å². The number of carbonyl (C=O) groups excluding carboxylic acids is 2. The molecule has 6 nitrogen and oxygen atoms in total. The van der Waals surface area contributed by atoms with E-state index in [4.69, 9.17) is 4.42 Å². The van der Waals surface area contributed by atoms with Crippen LogP contribution in [0.2, 0.25) is 0 Å². The second kappa shape index (κ2) is 6.43. The molecule has 0 saturated carbocycles. The van der Waals surface area contributed by atoms with Crippen molar-refractivity contribution in [3.63, 3.8) is 0 Å². The number of esters is 1. The Hall–Kier alpha value is -2.63. The zero-order valence-corrected chi connectivity index (χ0v) is 13.0. The molecular formula is C16H18N2O4. The molecule has 0 saturated heterocycles. The van der Waals surface area contributed by atoms with E-state index in [1.54, 1.807) is 10.7 Å². The van der Waals surface area contributed by atoms with E-state index in [2.05, 4.69) is 9.84 Å². The fourth-order valence-corrected chi connectivity index (χ4v) is 2.26. The molecule has 0 spiro atoms. The largest absolute Gasteiger partial charge is 0.463 e. The Labute approximate surface area is 128 Å². The molecule has 116 valence electrons. The van der Waals surface area contributed by atoms with Gasteiger partial charge in [-0.3, -0.25) is 9.48 Å². The van der Waals surface area contributed by atoms with Gasteiger partial charge in [0.2, 0.25) is 5.76 Å². The van der Waals surface area contributed by atoms with E-state index in [1.165, 1.54) is 25.3 Å². The average Bonchev–Trinajstić information content (AvgIpc) is 3.08. The first-order valence-corrected chi connectivity index (χ1v) is 6.92. The number of allylic oxidation sites excluding steroid dienone is 1. The summed E-state index contributed by atoms with van der Waals surface area (Å²) >= 11 is 0. The quantitative estimate of drug-likeness (QED) is 0.482. The van der Waals surface area contributed by atoms with Gasteiger partial charge in [-0.2, -0.15) is 5.10 Å². The van der Waals surface area contributed by atoms with E-state index >= 15 is 0 Å². The minimum atomic E-state index is -0.554. The Bertz CT molecular complexity index is 737. The number of furan rings is 1. The molecule has 0 aliphatic rings. The van der Waals surface area contributed by atoms with Crippen molar-refractivity contribution in [1.29, 1.82) is 0 Å². The van der Waals surface area contributed by atoms with Crippen LogP contribution in [-0.4, -0.2) is 28.6 Å². The van der Waals surface area contributed by atoms with E-state index in [0.29, 0.717) is 23.6 Å². The number of hydrogen-bond acceptors (Lipinski definition) is 5. The number of nitrogens with zero attached hydrogens (tertiary/aromatic N) is 2. The van der Waals surface area contributed by atoms with Gasteiger partial charge in [0, 0.05) is 12.2 Å². The molecule has 0 amide bonds. The molecule has 0 aliphatic heterocycles. The van der Waals surface area contributed by atoms with Crippen molar-refractivity contribution in [2.45, 2.75) is 27.3 Å². The maximum atomic E-state index is 12.3. The topological polar surface area (TPSA) is 74.3 Å². The predicted molar refractivity (Wildman–Crippen MR) is 80.8 cm³/mol. The molecule has 6 heteroatoms. The van der Waals surface area contributed by atoms with Gasteiger partial charge in [0.1, 0.15) is 5.76 Å². The number of aryl methyl sites for hydroxylation is 2. The molecular weight excluding hydrogens is 284 g/mol. The van der Waals surface area contributed by atoms with E-state index < -0.39 is 5.97 Å². The van der Waals surface area contributed by atoms with Crippen LogP contribution in [0.5, 0.6) is 0 Å². The van der Waals surface area contributed by atoms with Crippen molar-refractivity contribution in [3.8, 4) is 0 Å². The number of rotatable bonds is 5. The highest BCUT2D eigenvalue weighted by Gasteiger charge is 2.16. The van der Waals surface area contributed by atoms with Crippen LogP contribution in [0.25, 0.3) is 6.08 Å². The molecule has 22 heavy (non-hydrogen) atoms. The molecule has 0 N–H and O–H groups in total. The van der Waals surface area contributed by atoms with Gasteiger partial charge >= 0.3 is 5.97 Å². The molecule has 0 radical (unpaired) electrons. The normalized spacial score (nSPS) is 11.1. The summed E-state index contributed by atoms with van der Waals surface area (Å²) in [5, 5.41) is 4.32. The Kier molecular flexibility index (Phi) is 4.60. The highest BCUT2D eigenvalue weighted by atomic mass is 16.5. The third kappa shape index (κ3) is 3.00. The van der Waals surface area contributed by atoms with E-state index in [-0.39, 0.29) is 11.5 Å². The molecule has 0 fully saturated rings. The summed E-state index contributed by atoms with van der Waals surface area (Å²) in [6.45, 7) is 6.36. The molecule has 2 rings (SSSR count). The van der Waals surface area contributed by atoms with Crippen molar-refractivity contribution in [2.24, 2.45) is 0 Å². The standard InChI is InChI=1S/C16H18N2O4/c1-5-18-11(3)15(10(2)17-18)13(19)8-6-12-7-9-14(22-12)16(20)21-4/h6-9H,5H2,1-4H3/b8-6-. The molecule has 2 aromatic rings. The van der Waals surface area contributed by atoms with Crippen molar-refractivity contribution in [1.82, 2.24) is 9.78 Å². The van der Waals surface area contributed by atoms with Gasteiger partial charge in [-0.25, -0.2) is 4.79 Å². The van der Waals surface area contributed by atoms with Crippen LogP contribution in [0, 0.1) is 13.8 Å². The zero-order chi connectivity index (χ0) is 16.3. The van der Waals surface area contributed by atoms with Gasteiger partial charge in [-0.05, 0) is 45.1 Å². The third-order valence-electron chi connectivity index (χ3n) is 3.34. The van der Waals surface area contributed by atoms with Crippen LogP contribution < -0.4 is 0 Å². The van der Waals surface area contributed by atoms with Gasteiger partial charge in [-0.15, -0.1) is 0 Å². The minimum absolute atomic E-state index is 0.0979. The molecule has 0 atom stereocenters. The zero-order valence-electron chi connectivity index (χ0n) is 13.0. The maximum Gasteiger partial charge on any atom is 0.373 e. The van der Waals surface area contributed by atoms with E-state index in [9.17, 15) is 9.59 Å². The highest BCUT2D eigenvalue weighted by Crippen LogP contribution is 2.16. The van der Waals surface area contributed by atoms with Gasteiger partial charge in [0.25, 0.3) is 0 Å². The Morgan fingerprint density at radius 3 is 2.68 bits per heavy atom. The summed E-state index contributed by atoms with van der Waals surface area (Å²) in [5.74, 6) is -0.194. The lowest BCUT2D eigenvalue weighted by Gasteiger charge is -1.99. The number of ketones is 1. The first-order chi connectivity index (χ1) is 10.5.